The number of esters is 1. The van der Waals surface area contributed by atoms with Gasteiger partial charge < -0.3 is 25.4 Å². The number of piperidine rings is 1. The highest BCUT2D eigenvalue weighted by molar-refractivity contribution is 6.06. The maximum absolute atomic E-state index is 14.2. The number of carbonyl (C=O) groups excluding carboxylic acids is 2. The van der Waals surface area contributed by atoms with E-state index >= 15 is 0 Å². The number of nitrogens with one attached hydrogen (secondary N) is 1. The van der Waals surface area contributed by atoms with E-state index in [0.717, 1.165) is 6.07 Å². The van der Waals surface area contributed by atoms with E-state index in [1.165, 1.54) is 13.8 Å². The molecule has 2 aliphatic carbocycles. The Kier molecular flexibility index (Phi) is 8.33. The lowest BCUT2D eigenvalue weighted by Gasteiger charge is -2.24. The van der Waals surface area contributed by atoms with Gasteiger partial charge in [0.1, 0.15) is 11.5 Å². The molecule has 1 saturated heterocycles. The van der Waals surface area contributed by atoms with Gasteiger partial charge in [-0.3, -0.25) is 28.8 Å². The molecular formula is C35H35NO10. The third-order valence-corrected chi connectivity index (χ3v) is 9.03. The van der Waals surface area contributed by atoms with Crippen molar-refractivity contribution in [3.63, 3.8) is 0 Å². The summed E-state index contributed by atoms with van der Waals surface area (Å²) in [5.74, 6) is -3.62. The molecule has 3 aliphatic rings. The van der Waals surface area contributed by atoms with Crippen molar-refractivity contribution >= 4 is 23.0 Å². The summed E-state index contributed by atoms with van der Waals surface area (Å²) >= 11 is 0. The fourth-order valence-electron chi connectivity index (χ4n) is 6.71. The summed E-state index contributed by atoms with van der Waals surface area (Å²) in [6.07, 6.45) is 1.18. The Labute approximate surface area is 263 Å². The Bertz CT molecular complexity index is 2130. The lowest BCUT2D eigenvalue weighted by Crippen LogP contribution is -2.38. The molecule has 1 fully saturated rings. The summed E-state index contributed by atoms with van der Waals surface area (Å²) in [6.45, 7) is 10.7. The minimum absolute atomic E-state index is 0.0216. The zero-order valence-corrected chi connectivity index (χ0v) is 26.4. The van der Waals surface area contributed by atoms with Gasteiger partial charge in [-0.15, -0.1) is 0 Å². The van der Waals surface area contributed by atoms with Crippen LogP contribution in [-0.2, 0) is 4.79 Å². The highest BCUT2D eigenvalue weighted by Gasteiger charge is 2.34. The predicted molar refractivity (Wildman–Crippen MR) is 173 cm³/mol. The van der Waals surface area contributed by atoms with Crippen LogP contribution in [0.3, 0.4) is 0 Å². The van der Waals surface area contributed by atoms with Crippen LogP contribution in [0.25, 0.3) is 33.0 Å². The smallest absolute Gasteiger partial charge is 0.314 e. The Morgan fingerprint density at radius 1 is 0.804 bits per heavy atom. The Morgan fingerprint density at radius 3 is 1.98 bits per heavy atom. The minimum Gasteiger partial charge on any atom is -0.507 e. The molecule has 0 saturated carbocycles. The van der Waals surface area contributed by atoms with Crippen molar-refractivity contribution in [1.82, 2.24) is 5.32 Å². The van der Waals surface area contributed by atoms with E-state index in [1.54, 1.807) is 27.7 Å². The van der Waals surface area contributed by atoms with Gasteiger partial charge in [0, 0.05) is 55.3 Å². The molecule has 0 spiro atoms. The Morgan fingerprint density at radius 2 is 1.41 bits per heavy atom. The number of aromatic hydroxyl groups is 3. The normalized spacial score (nSPS) is 14.1. The number of carbonyl (C=O) groups is 2. The van der Waals surface area contributed by atoms with Crippen molar-refractivity contribution < 1.29 is 29.6 Å². The second-order valence-electron chi connectivity index (χ2n) is 12.5. The lowest BCUT2D eigenvalue weighted by molar-refractivity contribution is -0.139. The van der Waals surface area contributed by atoms with Crippen LogP contribution in [0.1, 0.15) is 85.0 Å². The molecule has 2 aromatic rings. The first-order chi connectivity index (χ1) is 21.6. The molecule has 46 heavy (non-hydrogen) atoms. The average molecular weight is 630 g/mol. The van der Waals surface area contributed by atoms with E-state index in [1.807, 2.05) is 0 Å². The van der Waals surface area contributed by atoms with Crippen molar-refractivity contribution in [3.05, 3.63) is 74.8 Å². The van der Waals surface area contributed by atoms with E-state index in [4.69, 9.17) is 4.74 Å². The van der Waals surface area contributed by atoms with Crippen molar-refractivity contribution in [2.75, 3.05) is 13.1 Å². The zero-order valence-electron chi connectivity index (χ0n) is 26.4. The quantitative estimate of drug-likeness (QED) is 0.0803. The predicted octanol–water partition coefficient (Wildman–Crippen LogP) is 3.63. The lowest BCUT2D eigenvalue weighted by atomic mass is 9.81. The van der Waals surface area contributed by atoms with Gasteiger partial charge in [-0.25, -0.2) is 0 Å². The van der Waals surface area contributed by atoms with E-state index in [-0.39, 0.29) is 61.8 Å². The standard InChI is InChI=1S/C35H35NO10/c1-13(2)21-27-26(19(12-37)31(42)33(21)44)32(43)24(16(6)29(27)40)23-15(5)28(39)25-18(30(23)41)11-20(38)34(22(25)14(3)4)46-35(45)17-7-9-36-10-8-17/h11-14,17,36,38-39,41H,7-10H2,1-6H3. The SMILES string of the molecule is Cc1c(-c2c(C)c(=O)c3c(C(C)C)c(=O)c(=O)c(C=O)c-3c2=O)c(O)c2cc(O)c(OC(=O)C3CCNCC3)c(C(C)C)c2c1O. The van der Waals surface area contributed by atoms with Crippen LogP contribution in [0.15, 0.2) is 25.2 Å². The molecule has 1 heterocycles. The second kappa shape index (κ2) is 11.8. The molecular weight excluding hydrogens is 594 g/mol. The van der Waals surface area contributed by atoms with Crippen molar-refractivity contribution in [3.8, 4) is 45.3 Å². The summed E-state index contributed by atoms with van der Waals surface area (Å²) in [7, 11) is 0. The van der Waals surface area contributed by atoms with Crippen LogP contribution in [0, 0.1) is 19.8 Å². The van der Waals surface area contributed by atoms with Crippen LogP contribution in [0.4, 0.5) is 0 Å². The number of phenolic OH excluding ortho intramolecular Hbond substituents is 3. The van der Waals surface area contributed by atoms with Crippen LogP contribution in [0.2, 0.25) is 0 Å². The molecule has 11 heteroatoms. The van der Waals surface area contributed by atoms with Gasteiger partial charge in [0.2, 0.25) is 10.9 Å². The van der Waals surface area contributed by atoms with E-state index < -0.39 is 73.8 Å². The monoisotopic (exact) mass is 629 g/mol. The molecule has 0 bridgehead atoms. The molecule has 5 rings (SSSR count). The third-order valence-electron chi connectivity index (χ3n) is 9.03. The van der Waals surface area contributed by atoms with Crippen LogP contribution >= 0.6 is 0 Å². The van der Waals surface area contributed by atoms with Gasteiger partial charge in [-0.05, 0) is 57.7 Å². The summed E-state index contributed by atoms with van der Waals surface area (Å²) in [6, 6.07) is 1.11. The number of hydrogen-bond donors (Lipinski definition) is 4. The van der Waals surface area contributed by atoms with Gasteiger partial charge >= 0.3 is 5.97 Å². The van der Waals surface area contributed by atoms with Crippen LogP contribution < -0.4 is 31.8 Å². The molecule has 240 valence electrons. The highest BCUT2D eigenvalue weighted by Crippen LogP contribution is 2.52. The van der Waals surface area contributed by atoms with Gasteiger partial charge in [-0.2, -0.15) is 0 Å². The first kappa shape index (κ1) is 32.5. The molecule has 0 atom stereocenters. The molecule has 0 amide bonds. The molecule has 11 nitrogen and oxygen atoms in total. The number of aldehydes is 1. The van der Waals surface area contributed by atoms with E-state index in [0.29, 0.717) is 25.9 Å². The van der Waals surface area contributed by atoms with Crippen molar-refractivity contribution in [2.45, 2.75) is 66.2 Å². The van der Waals surface area contributed by atoms with E-state index in [2.05, 4.69) is 5.32 Å². The zero-order chi connectivity index (χ0) is 33.9. The molecule has 0 radical (unpaired) electrons. The molecule has 1 aliphatic heterocycles. The summed E-state index contributed by atoms with van der Waals surface area (Å²) in [4.78, 5) is 78.9. The molecule has 0 unspecified atom stereocenters. The number of fused-ring (bicyclic) bond motifs is 2. The van der Waals surface area contributed by atoms with Crippen molar-refractivity contribution in [1.29, 1.82) is 0 Å². The average Bonchev–Trinajstić information content (AvgIpc) is 3.01. The van der Waals surface area contributed by atoms with Gasteiger partial charge in [0.25, 0.3) is 0 Å². The number of hydrogen-bond acceptors (Lipinski definition) is 11. The Hall–Kier alpha value is -4.90. The summed E-state index contributed by atoms with van der Waals surface area (Å²) < 4.78 is 5.72. The third kappa shape index (κ3) is 4.77. The van der Waals surface area contributed by atoms with Gasteiger partial charge in [-0.1, -0.05) is 27.7 Å². The number of phenols is 3. The summed E-state index contributed by atoms with van der Waals surface area (Å²) in [5, 5.41) is 37.7. The first-order valence-corrected chi connectivity index (χ1v) is 15.2. The van der Waals surface area contributed by atoms with E-state index in [9.17, 15) is 44.1 Å². The number of ether oxygens (including phenoxy) is 1. The van der Waals surface area contributed by atoms with Gasteiger partial charge in [0.05, 0.1) is 11.5 Å². The fraction of sp³-hybridized carbons (Fsp3) is 0.371. The highest BCUT2D eigenvalue weighted by atomic mass is 16.5. The maximum atomic E-state index is 14.2. The largest absolute Gasteiger partial charge is 0.507 e. The first-order valence-electron chi connectivity index (χ1n) is 15.2. The van der Waals surface area contributed by atoms with Crippen molar-refractivity contribution in [2.24, 2.45) is 5.92 Å². The fourth-order valence-corrected chi connectivity index (χ4v) is 6.71. The maximum Gasteiger partial charge on any atom is 0.314 e. The van der Waals surface area contributed by atoms with Crippen LogP contribution in [0.5, 0.6) is 23.0 Å². The molecule has 2 aromatic carbocycles. The number of benzene rings is 4. The Balaban J connectivity index is 1.88. The molecule has 4 N–H and O–H groups in total. The van der Waals surface area contributed by atoms with Gasteiger partial charge in [0.15, 0.2) is 28.6 Å². The minimum atomic E-state index is -1.21. The second-order valence-corrected chi connectivity index (χ2v) is 12.5. The summed E-state index contributed by atoms with van der Waals surface area (Å²) in [5.41, 5.74) is -6.34. The molecule has 0 aromatic heterocycles. The van der Waals surface area contributed by atoms with Crippen LogP contribution in [-0.4, -0.2) is 40.7 Å². The topological polar surface area (TPSA) is 184 Å². The number of rotatable bonds is 6.